The maximum atomic E-state index is 5.03. The van der Waals surface area contributed by atoms with Crippen molar-refractivity contribution in [2.45, 2.75) is 0 Å². The van der Waals surface area contributed by atoms with Crippen molar-refractivity contribution in [3.05, 3.63) is 48.8 Å². The van der Waals surface area contributed by atoms with E-state index in [1.165, 1.54) is 0 Å². The maximum absolute atomic E-state index is 5.03. The lowest BCUT2D eigenvalue weighted by molar-refractivity contribution is 0.382. The molecule has 0 unspecified atom stereocenters. The third kappa shape index (κ3) is 1.78. The minimum absolute atomic E-state index is 0.376. The Labute approximate surface area is 104 Å². The molecule has 0 aliphatic rings. The molecule has 4 heteroatoms. The van der Waals surface area contributed by atoms with E-state index in [1.807, 2.05) is 36.4 Å². The van der Waals surface area contributed by atoms with Gasteiger partial charge >= 0.3 is 6.01 Å². The third-order valence-corrected chi connectivity index (χ3v) is 2.73. The monoisotopic (exact) mass is 237 g/mol. The van der Waals surface area contributed by atoms with Crippen molar-refractivity contribution < 1.29 is 4.74 Å². The summed E-state index contributed by atoms with van der Waals surface area (Å²) in [6.07, 6.45) is 3.55. The summed E-state index contributed by atoms with van der Waals surface area (Å²) in [5.74, 6) is 0. The van der Waals surface area contributed by atoms with Crippen LogP contribution in [0.3, 0.4) is 0 Å². The molecule has 0 radical (unpaired) electrons. The van der Waals surface area contributed by atoms with Crippen molar-refractivity contribution in [3.63, 3.8) is 0 Å². The van der Waals surface area contributed by atoms with Crippen molar-refractivity contribution >= 4 is 10.9 Å². The zero-order valence-corrected chi connectivity index (χ0v) is 9.87. The number of hydrogen-bond acceptors (Lipinski definition) is 4. The van der Waals surface area contributed by atoms with Gasteiger partial charge in [0.15, 0.2) is 0 Å². The Balaban J connectivity index is 2.25. The van der Waals surface area contributed by atoms with Crippen LogP contribution in [-0.2, 0) is 0 Å². The Bertz CT molecular complexity index is 683. The van der Waals surface area contributed by atoms with Crippen LogP contribution in [0.2, 0.25) is 0 Å². The molecule has 2 aromatic heterocycles. The zero-order valence-electron chi connectivity index (χ0n) is 9.87. The van der Waals surface area contributed by atoms with Crippen LogP contribution in [0.15, 0.2) is 48.8 Å². The number of aromatic nitrogens is 3. The summed E-state index contributed by atoms with van der Waals surface area (Å²) in [5, 5.41) is 0.969. The van der Waals surface area contributed by atoms with Crippen LogP contribution < -0.4 is 4.74 Å². The van der Waals surface area contributed by atoms with Crippen molar-refractivity contribution in [3.8, 4) is 17.3 Å². The van der Waals surface area contributed by atoms with Gasteiger partial charge in [-0.25, -0.2) is 4.98 Å². The summed E-state index contributed by atoms with van der Waals surface area (Å²) in [6, 6.07) is 12.1. The molecule has 0 N–H and O–H groups in total. The number of fused-ring (bicyclic) bond motifs is 1. The Morgan fingerprint density at radius 2 is 1.94 bits per heavy atom. The number of hydrogen-bond donors (Lipinski definition) is 0. The first-order chi connectivity index (χ1) is 8.88. The van der Waals surface area contributed by atoms with Crippen LogP contribution in [0.25, 0.3) is 22.2 Å². The number of ether oxygens (including phenoxy) is 1. The number of benzene rings is 1. The molecule has 0 aliphatic heterocycles. The van der Waals surface area contributed by atoms with Crippen LogP contribution in [0.4, 0.5) is 0 Å². The molecule has 0 atom stereocenters. The van der Waals surface area contributed by atoms with Gasteiger partial charge in [-0.15, -0.1) is 0 Å². The molecule has 0 amide bonds. The van der Waals surface area contributed by atoms with Crippen LogP contribution in [0.1, 0.15) is 0 Å². The van der Waals surface area contributed by atoms with Gasteiger partial charge in [-0.2, -0.15) is 4.98 Å². The van der Waals surface area contributed by atoms with E-state index in [1.54, 1.807) is 19.5 Å². The summed E-state index contributed by atoms with van der Waals surface area (Å²) in [5.41, 5.74) is 2.79. The summed E-state index contributed by atoms with van der Waals surface area (Å²) < 4.78 is 5.03. The van der Waals surface area contributed by atoms with E-state index in [2.05, 4.69) is 15.0 Å². The SMILES string of the molecule is COc1ncc2c(-c3ccccn3)cccc2n1. The molecule has 1 aromatic carbocycles. The van der Waals surface area contributed by atoms with Gasteiger partial charge in [-0.3, -0.25) is 4.98 Å². The van der Waals surface area contributed by atoms with Gasteiger partial charge in [0.1, 0.15) is 0 Å². The lowest BCUT2D eigenvalue weighted by Gasteiger charge is -2.05. The second-order valence-corrected chi connectivity index (χ2v) is 3.81. The quantitative estimate of drug-likeness (QED) is 0.687. The predicted octanol–water partition coefficient (Wildman–Crippen LogP) is 2.70. The Kier molecular flexibility index (Phi) is 2.61. The predicted molar refractivity (Wildman–Crippen MR) is 69.3 cm³/mol. The molecule has 88 valence electrons. The smallest absolute Gasteiger partial charge is 0.316 e. The van der Waals surface area contributed by atoms with Gasteiger partial charge in [0.05, 0.1) is 18.3 Å². The number of pyridine rings is 1. The van der Waals surface area contributed by atoms with E-state index in [9.17, 15) is 0 Å². The Hall–Kier alpha value is -2.49. The molecule has 0 saturated carbocycles. The van der Waals surface area contributed by atoms with Crippen LogP contribution >= 0.6 is 0 Å². The lowest BCUT2D eigenvalue weighted by Crippen LogP contribution is -1.93. The standard InChI is InChI=1S/C14H11N3O/c1-18-14-16-9-11-10(5-4-7-13(11)17-14)12-6-2-3-8-15-12/h2-9H,1H3. The molecule has 18 heavy (non-hydrogen) atoms. The summed E-state index contributed by atoms with van der Waals surface area (Å²) in [7, 11) is 1.56. The number of rotatable bonds is 2. The average molecular weight is 237 g/mol. The molecule has 0 aliphatic carbocycles. The number of nitrogens with zero attached hydrogens (tertiary/aromatic N) is 3. The first-order valence-corrected chi connectivity index (χ1v) is 5.59. The van der Waals surface area contributed by atoms with Crippen molar-refractivity contribution in [2.24, 2.45) is 0 Å². The fourth-order valence-corrected chi connectivity index (χ4v) is 1.88. The van der Waals surface area contributed by atoms with E-state index < -0.39 is 0 Å². The topological polar surface area (TPSA) is 47.9 Å². The minimum atomic E-state index is 0.376. The summed E-state index contributed by atoms with van der Waals surface area (Å²) in [4.78, 5) is 12.8. The molecule has 0 saturated heterocycles. The second kappa shape index (κ2) is 4.41. The highest BCUT2D eigenvalue weighted by Crippen LogP contribution is 2.26. The molecule has 3 aromatic rings. The highest BCUT2D eigenvalue weighted by molar-refractivity contribution is 5.93. The molecular weight excluding hydrogens is 226 g/mol. The fraction of sp³-hybridized carbons (Fsp3) is 0.0714. The van der Waals surface area contributed by atoms with Crippen LogP contribution in [0, 0.1) is 0 Å². The Morgan fingerprint density at radius 3 is 2.72 bits per heavy atom. The molecular formula is C14H11N3O. The summed E-state index contributed by atoms with van der Waals surface area (Å²) in [6.45, 7) is 0. The van der Waals surface area contributed by atoms with Crippen LogP contribution in [0.5, 0.6) is 6.01 Å². The third-order valence-electron chi connectivity index (χ3n) is 2.73. The van der Waals surface area contributed by atoms with E-state index in [4.69, 9.17) is 4.74 Å². The van der Waals surface area contributed by atoms with Gasteiger partial charge in [0.25, 0.3) is 0 Å². The molecule has 0 spiro atoms. The summed E-state index contributed by atoms with van der Waals surface area (Å²) >= 11 is 0. The molecule has 0 fully saturated rings. The van der Waals surface area contributed by atoms with E-state index in [-0.39, 0.29) is 0 Å². The van der Waals surface area contributed by atoms with E-state index >= 15 is 0 Å². The lowest BCUT2D eigenvalue weighted by atomic mass is 10.1. The molecule has 4 nitrogen and oxygen atoms in total. The highest BCUT2D eigenvalue weighted by atomic mass is 16.5. The largest absolute Gasteiger partial charge is 0.467 e. The number of methoxy groups -OCH3 is 1. The molecule has 3 rings (SSSR count). The average Bonchev–Trinajstić information content (AvgIpc) is 2.47. The highest BCUT2D eigenvalue weighted by Gasteiger charge is 2.06. The Morgan fingerprint density at radius 1 is 1.00 bits per heavy atom. The van der Waals surface area contributed by atoms with E-state index in [0.29, 0.717) is 6.01 Å². The first-order valence-electron chi connectivity index (χ1n) is 5.59. The maximum Gasteiger partial charge on any atom is 0.316 e. The van der Waals surface area contributed by atoms with Crippen molar-refractivity contribution in [1.29, 1.82) is 0 Å². The first kappa shape index (κ1) is 10.7. The van der Waals surface area contributed by atoms with Crippen molar-refractivity contribution in [2.75, 3.05) is 7.11 Å². The second-order valence-electron chi connectivity index (χ2n) is 3.81. The van der Waals surface area contributed by atoms with Gasteiger partial charge < -0.3 is 4.74 Å². The van der Waals surface area contributed by atoms with Gasteiger partial charge in [0.2, 0.25) is 0 Å². The molecule has 2 heterocycles. The normalized spacial score (nSPS) is 10.5. The van der Waals surface area contributed by atoms with Gasteiger partial charge in [-0.05, 0) is 18.2 Å². The minimum Gasteiger partial charge on any atom is -0.467 e. The van der Waals surface area contributed by atoms with Crippen molar-refractivity contribution in [1.82, 2.24) is 15.0 Å². The zero-order chi connectivity index (χ0) is 12.4. The van der Waals surface area contributed by atoms with Gasteiger partial charge in [-0.1, -0.05) is 18.2 Å². The van der Waals surface area contributed by atoms with Crippen LogP contribution in [-0.4, -0.2) is 22.1 Å². The van der Waals surface area contributed by atoms with Gasteiger partial charge in [0, 0.05) is 23.3 Å². The van der Waals surface area contributed by atoms with E-state index in [0.717, 1.165) is 22.2 Å². The molecule has 0 bridgehead atoms. The fourth-order valence-electron chi connectivity index (χ4n) is 1.88.